The Bertz CT molecular complexity index is 409. The number of pyridine rings is 1. The highest BCUT2D eigenvalue weighted by Gasteiger charge is 2.33. The van der Waals surface area contributed by atoms with Gasteiger partial charge in [0.25, 0.3) is 5.91 Å². The molecule has 0 aliphatic carbocycles. The maximum Gasteiger partial charge on any atom is 0.406 e. The van der Waals surface area contributed by atoms with Crippen molar-refractivity contribution in [3.8, 4) is 0 Å². The van der Waals surface area contributed by atoms with Gasteiger partial charge in [-0.15, -0.1) is 0 Å². The van der Waals surface area contributed by atoms with Crippen LogP contribution in [0.1, 0.15) is 17.3 Å². The van der Waals surface area contributed by atoms with E-state index < -0.39 is 18.6 Å². The second-order valence-corrected chi connectivity index (χ2v) is 4.03. The van der Waals surface area contributed by atoms with Crippen LogP contribution >= 0.6 is 15.9 Å². The molecule has 17 heavy (non-hydrogen) atoms. The van der Waals surface area contributed by atoms with Gasteiger partial charge in [0.15, 0.2) is 0 Å². The Morgan fingerprint density at radius 1 is 1.53 bits per heavy atom. The van der Waals surface area contributed by atoms with E-state index in [4.69, 9.17) is 0 Å². The number of nitrogens with zero attached hydrogens (tertiary/aromatic N) is 2. The fraction of sp³-hybridized carbons (Fsp3) is 0.400. The summed E-state index contributed by atoms with van der Waals surface area (Å²) in [7, 11) is 0. The Labute approximate surface area is 105 Å². The van der Waals surface area contributed by atoms with Crippen LogP contribution in [0.3, 0.4) is 0 Å². The largest absolute Gasteiger partial charge is 0.406 e. The Morgan fingerprint density at radius 3 is 2.65 bits per heavy atom. The van der Waals surface area contributed by atoms with E-state index in [1.807, 2.05) is 0 Å². The summed E-state index contributed by atoms with van der Waals surface area (Å²) in [5.41, 5.74) is 0.124. The van der Waals surface area contributed by atoms with Crippen molar-refractivity contribution >= 4 is 21.8 Å². The number of amides is 1. The van der Waals surface area contributed by atoms with Gasteiger partial charge in [-0.1, -0.05) is 0 Å². The maximum atomic E-state index is 12.2. The Hall–Kier alpha value is -1.11. The molecular weight excluding hydrogens is 301 g/mol. The third kappa shape index (κ3) is 3.99. The van der Waals surface area contributed by atoms with Crippen molar-refractivity contribution < 1.29 is 18.0 Å². The summed E-state index contributed by atoms with van der Waals surface area (Å²) in [6.45, 7) is 0.220. The number of hydrogen-bond acceptors (Lipinski definition) is 2. The van der Waals surface area contributed by atoms with Crippen LogP contribution in [0, 0.1) is 0 Å². The van der Waals surface area contributed by atoms with Gasteiger partial charge in [-0.05, 0) is 35.0 Å². The number of carbonyl (C=O) groups excluding carboxylic acids is 1. The first-order valence-electron chi connectivity index (χ1n) is 4.81. The quantitative estimate of drug-likeness (QED) is 0.804. The number of hydrogen-bond donors (Lipinski definition) is 0. The van der Waals surface area contributed by atoms with Crippen LogP contribution < -0.4 is 0 Å². The molecule has 0 atom stereocenters. The van der Waals surface area contributed by atoms with Gasteiger partial charge >= 0.3 is 6.18 Å². The van der Waals surface area contributed by atoms with Crippen LogP contribution in [0.2, 0.25) is 0 Å². The van der Waals surface area contributed by atoms with E-state index in [9.17, 15) is 18.0 Å². The second-order valence-electron chi connectivity index (χ2n) is 3.28. The molecule has 0 saturated carbocycles. The first kappa shape index (κ1) is 14.0. The molecule has 1 aromatic rings. The van der Waals surface area contributed by atoms with Crippen molar-refractivity contribution in [2.24, 2.45) is 0 Å². The van der Waals surface area contributed by atoms with Crippen LogP contribution in [0.15, 0.2) is 22.9 Å². The van der Waals surface area contributed by atoms with Crippen molar-refractivity contribution in [3.05, 3.63) is 28.5 Å². The normalized spacial score (nSPS) is 11.4. The molecule has 0 aromatic carbocycles. The Morgan fingerprint density at radius 2 is 2.18 bits per heavy atom. The average molecular weight is 311 g/mol. The van der Waals surface area contributed by atoms with Crippen LogP contribution in [0.25, 0.3) is 0 Å². The lowest BCUT2D eigenvalue weighted by Gasteiger charge is -2.22. The van der Waals surface area contributed by atoms with Gasteiger partial charge in [0.05, 0.1) is 5.56 Å². The van der Waals surface area contributed by atoms with E-state index in [-0.39, 0.29) is 16.7 Å². The van der Waals surface area contributed by atoms with Crippen molar-refractivity contribution in [3.63, 3.8) is 0 Å². The molecular formula is C10H10BrF3N2O. The SMILES string of the molecule is CCN(CC(F)(F)F)C(=O)c1cccnc1Br. The van der Waals surface area contributed by atoms with Crippen LogP contribution in [-0.4, -0.2) is 35.1 Å². The standard InChI is InChI=1S/C10H10BrF3N2O/c1-2-16(6-10(12,13)14)9(17)7-4-3-5-15-8(7)11/h3-5H,2,6H2,1H3. The molecule has 1 heterocycles. The predicted octanol–water partition coefficient (Wildman–Crippen LogP) is 2.87. The Balaban J connectivity index is 2.91. The lowest BCUT2D eigenvalue weighted by molar-refractivity contribution is -0.140. The van der Waals surface area contributed by atoms with Gasteiger partial charge < -0.3 is 4.90 Å². The monoisotopic (exact) mass is 310 g/mol. The molecule has 0 bridgehead atoms. The van der Waals surface area contributed by atoms with Gasteiger partial charge in [0.2, 0.25) is 0 Å². The molecule has 3 nitrogen and oxygen atoms in total. The summed E-state index contributed by atoms with van der Waals surface area (Å²) >= 11 is 3.03. The summed E-state index contributed by atoms with van der Waals surface area (Å²) < 4.78 is 37.0. The van der Waals surface area contributed by atoms with E-state index in [1.54, 1.807) is 0 Å². The number of alkyl halides is 3. The van der Waals surface area contributed by atoms with Gasteiger partial charge in [-0.3, -0.25) is 4.79 Å². The Kier molecular flexibility index (Phi) is 4.50. The zero-order chi connectivity index (χ0) is 13.1. The molecule has 0 aliphatic heterocycles. The third-order valence-electron chi connectivity index (χ3n) is 2.03. The van der Waals surface area contributed by atoms with Gasteiger partial charge in [0.1, 0.15) is 11.1 Å². The molecule has 1 aromatic heterocycles. The topological polar surface area (TPSA) is 33.2 Å². The van der Waals surface area contributed by atoms with E-state index >= 15 is 0 Å². The lowest BCUT2D eigenvalue weighted by atomic mass is 10.2. The molecule has 0 radical (unpaired) electrons. The molecule has 0 spiro atoms. The summed E-state index contributed by atoms with van der Waals surface area (Å²) in [5, 5.41) is 0. The van der Waals surface area contributed by atoms with Crippen LogP contribution in [-0.2, 0) is 0 Å². The first-order chi connectivity index (χ1) is 7.85. The molecule has 0 unspecified atom stereocenters. The van der Waals surface area contributed by atoms with Gasteiger partial charge in [-0.2, -0.15) is 13.2 Å². The maximum absolute atomic E-state index is 12.2. The molecule has 94 valence electrons. The van der Waals surface area contributed by atoms with E-state index in [2.05, 4.69) is 20.9 Å². The summed E-state index contributed by atoms with van der Waals surface area (Å²) in [4.78, 5) is 16.4. The molecule has 0 aliphatic rings. The zero-order valence-electron chi connectivity index (χ0n) is 8.96. The minimum atomic E-state index is -4.40. The summed E-state index contributed by atoms with van der Waals surface area (Å²) in [5.74, 6) is -0.690. The van der Waals surface area contributed by atoms with E-state index in [0.717, 1.165) is 4.90 Å². The molecule has 0 fully saturated rings. The van der Waals surface area contributed by atoms with Crippen LogP contribution in [0.5, 0.6) is 0 Å². The van der Waals surface area contributed by atoms with Gasteiger partial charge in [-0.25, -0.2) is 4.98 Å². The minimum Gasteiger partial charge on any atom is -0.330 e. The number of carbonyl (C=O) groups is 1. The fourth-order valence-electron chi connectivity index (χ4n) is 1.26. The number of rotatable bonds is 3. The molecule has 0 saturated heterocycles. The second kappa shape index (κ2) is 5.48. The molecule has 0 N–H and O–H groups in total. The summed E-state index contributed by atoms with van der Waals surface area (Å²) in [6, 6.07) is 2.93. The first-order valence-corrected chi connectivity index (χ1v) is 5.61. The highest BCUT2D eigenvalue weighted by atomic mass is 79.9. The van der Waals surface area contributed by atoms with E-state index in [1.165, 1.54) is 25.3 Å². The van der Waals surface area contributed by atoms with Crippen molar-refractivity contribution in [1.82, 2.24) is 9.88 Å². The fourth-order valence-corrected chi connectivity index (χ4v) is 1.68. The molecule has 1 amide bonds. The van der Waals surface area contributed by atoms with Crippen molar-refractivity contribution in [2.45, 2.75) is 13.1 Å². The number of aromatic nitrogens is 1. The average Bonchev–Trinajstić information content (AvgIpc) is 2.24. The summed E-state index contributed by atoms with van der Waals surface area (Å²) in [6.07, 6.45) is -2.96. The third-order valence-corrected chi connectivity index (χ3v) is 2.66. The van der Waals surface area contributed by atoms with E-state index in [0.29, 0.717) is 0 Å². The van der Waals surface area contributed by atoms with Crippen LogP contribution in [0.4, 0.5) is 13.2 Å². The van der Waals surface area contributed by atoms with Crippen molar-refractivity contribution in [1.29, 1.82) is 0 Å². The zero-order valence-corrected chi connectivity index (χ0v) is 10.5. The highest BCUT2D eigenvalue weighted by molar-refractivity contribution is 9.10. The molecule has 7 heteroatoms. The number of halogens is 4. The molecule has 1 rings (SSSR count). The predicted molar refractivity (Wildman–Crippen MR) is 59.6 cm³/mol. The highest BCUT2D eigenvalue weighted by Crippen LogP contribution is 2.20. The lowest BCUT2D eigenvalue weighted by Crippen LogP contribution is -2.39. The van der Waals surface area contributed by atoms with Crippen molar-refractivity contribution in [2.75, 3.05) is 13.1 Å². The minimum absolute atomic E-state index is 0.0142. The van der Waals surface area contributed by atoms with Gasteiger partial charge in [0, 0.05) is 12.7 Å². The smallest absolute Gasteiger partial charge is 0.330 e.